The molecule has 6 rings (SSSR count). The third-order valence-corrected chi connectivity index (χ3v) is 7.32. The number of Topliss-reactive ketones (excluding diaryl/α,β-unsaturated/α-hetero) is 1. The number of ketones is 1. The van der Waals surface area contributed by atoms with Gasteiger partial charge < -0.3 is 19.4 Å². The molecule has 1 aliphatic carbocycles. The van der Waals surface area contributed by atoms with Crippen LogP contribution in [-0.2, 0) is 12.8 Å². The lowest BCUT2D eigenvalue weighted by Gasteiger charge is -2.31. The van der Waals surface area contributed by atoms with E-state index in [4.69, 9.17) is 9.47 Å². The first-order valence-corrected chi connectivity index (χ1v) is 12.0. The number of rotatable bonds is 3. The van der Waals surface area contributed by atoms with E-state index in [9.17, 15) is 9.59 Å². The monoisotopic (exact) mass is 444 g/mol. The van der Waals surface area contributed by atoms with Crippen molar-refractivity contribution < 1.29 is 19.1 Å². The van der Waals surface area contributed by atoms with Crippen LogP contribution in [0.1, 0.15) is 57.7 Å². The zero-order valence-corrected chi connectivity index (χ0v) is 18.7. The SMILES string of the molecule is O=C(c1ccc2c(c1)OCCO2)C1CCN(C(=O)c2ccc3[nH]c4c(c3c2)CCCC4)CC1. The van der Waals surface area contributed by atoms with Crippen molar-refractivity contribution in [2.75, 3.05) is 26.3 Å². The highest BCUT2D eigenvalue weighted by Crippen LogP contribution is 2.33. The molecule has 1 aromatic heterocycles. The van der Waals surface area contributed by atoms with Gasteiger partial charge in [-0.1, -0.05) is 0 Å². The van der Waals surface area contributed by atoms with Gasteiger partial charge in [0.05, 0.1) is 0 Å². The number of fused-ring (bicyclic) bond motifs is 4. The van der Waals surface area contributed by atoms with Crippen molar-refractivity contribution in [3.8, 4) is 11.5 Å². The third-order valence-electron chi connectivity index (χ3n) is 7.32. The molecule has 33 heavy (non-hydrogen) atoms. The Morgan fingerprint density at radius 1 is 0.879 bits per heavy atom. The molecule has 0 atom stereocenters. The summed E-state index contributed by atoms with van der Waals surface area (Å²) in [6.07, 6.45) is 5.98. The number of nitrogens with zero attached hydrogens (tertiary/aromatic N) is 1. The van der Waals surface area contributed by atoms with Crippen molar-refractivity contribution in [1.29, 1.82) is 0 Å². The maximum Gasteiger partial charge on any atom is 0.253 e. The van der Waals surface area contributed by atoms with Gasteiger partial charge >= 0.3 is 0 Å². The number of amides is 1. The Labute approximate surface area is 192 Å². The molecule has 0 saturated carbocycles. The Morgan fingerprint density at radius 3 is 2.48 bits per heavy atom. The number of likely N-dealkylation sites (tertiary alicyclic amines) is 1. The van der Waals surface area contributed by atoms with Gasteiger partial charge in [0, 0.05) is 46.7 Å². The number of ether oxygens (including phenoxy) is 2. The molecule has 1 fully saturated rings. The molecule has 6 heteroatoms. The maximum absolute atomic E-state index is 13.2. The molecular weight excluding hydrogens is 416 g/mol. The first-order valence-electron chi connectivity index (χ1n) is 12.0. The molecule has 1 N–H and O–H groups in total. The van der Waals surface area contributed by atoms with E-state index in [1.54, 1.807) is 6.07 Å². The molecule has 0 unspecified atom stereocenters. The highest BCUT2D eigenvalue weighted by Gasteiger charge is 2.29. The van der Waals surface area contributed by atoms with Crippen molar-refractivity contribution in [3.63, 3.8) is 0 Å². The van der Waals surface area contributed by atoms with Crippen LogP contribution in [0.15, 0.2) is 36.4 Å². The second kappa shape index (κ2) is 8.25. The van der Waals surface area contributed by atoms with Crippen LogP contribution in [0, 0.1) is 5.92 Å². The van der Waals surface area contributed by atoms with Crippen LogP contribution in [0.4, 0.5) is 0 Å². The fraction of sp³-hybridized carbons (Fsp3) is 0.407. The maximum atomic E-state index is 13.2. The highest BCUT2D eigenvalue weighted by molar-refractivity contribution is 6.00. The number of nitrogens with one attached hydrogen (secondary N) is 1. The van der Waals surface area contributed by atoms with E-state index < -0.39 is 0 Å². The molecule has 0 bridgehead atoms. The number of piperidine rings is 1. The van der Waals surface area contributed by atoms with Crippen molar-refractivity contribution in [2.24, 2.45) is 5.92 Å². The first kappa shape index (κ1) is 20.3. The van der Waals surface area contributed by atoms with Gasteiger partial charge in [-0.2, -0.15) is 0 Å². The first-order chi connectivity index (χ1) is 16.2. The van der Waals surface area contributed by atoms with E-state index in [0.29, 0.717) is 56.2 Å². The molecular formula is C27H28N2O4. The lowest BCUT2D eigenvalue weighted by atomic mass is 9.88. The summed E-state index contributed by atoms with van der Waals surface area (Å²) in [5.41, 5.74) is 5.24. The van der Waals surface area contributed by atoms with Crippen LogP contribution in [0.25, 0.3) is 10.9 Å². The molecule has 1 amide bonds. The number of aromatic nitrogens is 1. The highest BCUT2D eigenvalue weighted by atomic mass is 16.6. The molecule has 2 aliphatic heterocycles. The summed E-state index contributed by atoms with van der Waals surface area (Å²) in [5.74, 6) is 1.45. The van der Waals surface area contributed by atoms with Crippen LogP contribution in [-0.4, -0.2) is 47.9 Å². The van der Waals surface area contributed by atoms with Gasteiger partial charge in [-0.05, 0) is 80.5 Å². The summed E-state index contributed by atoms with van der Waals surface area (Å²) in [6, 6.07) is 11.5. The zero-order valence-electron chi connectivity index (χ0n) is 18.7. The van der Waals surface area contributed by atoms with Gasteiger partial charge in [0.2, 0.25) is 0 Å². The van der Waals surface area contributed by atoms with Gasteiger partial charge in [0.1, 0.15) is 13.2 Å². The average Bonchev–Trinajstić information content (AvgIpc) is 3.25. The molecule has 3 heterocycles. The molecule has 1 saturated heterocycles. The molecule has 2 aromatic carbocycles. The molecule has 3 aromatic rings. The van der Waals surface area contributed by atoms with Crippen LogP contribution in [0.5, 0.6) is 11.5 Å². The van der Waals surface area contributed by atoms with Crippen molar-refractivity contribution in [2.45, 2.75) is 38.5 Å². The van der Waals surface area contributed by atoms with E-state index in [1.165, 1.54) is 29.5 Å². The lowest BCUT2D eigenvalue weighted by molar-refractivity contribution is 0.0650. The Kier molecular flexibility index (Phi) is 5.08. The van der Waals surface area contributed by atoms with E-state index in [1.807, 2.05) is 29.2 Å². The van der Waals surface area contributed by atoms with Crippen LogP contribution in [0.3, 0.4) is 0 Å². The number of H-pyrrole nitrogens is 1. The molecule has 0 radical (unpaired) electrons. The number of carbonyl (C=O) groups excluding carboxylic acids is 2. The minimum absolute atomic E-state index is 0.0629. The largest absolute Gasteiger partial charge is 0.486 e. The predicted molar refractivity (Wildman–Crippen MR) is 125 cm³/mol. The number of benzene rings is 2. The fourth-order valence-electron chi connectivity index (χ4n) is 5.50. The number of hydrogen-bond donors (Lipinski definition) is 1. The summed E-state index contributed by atoms with van der Waals surface area (Å²) < 4.78 is 11.2. The number of hydrogen-bond acceptors (Lipinski definition) is 4. The van der Waals surface area contributed by atoms with E-state index >= 15 is 0 Å². The third kappa shape index (κ3) is 3.67. The summed E-state index contributed by atoms with van der Waals surface area (Å²) in [4.78, 5) is 31.8. The molecule has 6 nitrogen and oxygen atoms in total. The quantitative estimate of drug-likeness (QED) is 0.602. The number of aryl methyl sites for hydroxylation is 2. The smallest absolute Gasteiger partial charge is 0.253 e. The summed E-state index contributed by atoms with van der Waals surface area (Å²) in [5, 5.41) is 1.19. The average molecular weight is 445 g/mol. The van der Waals surface area contributed by atoms with Crippen LogP contribution < -0.4 is 9.47 Å². The Bertz CT molecular complexity index is 1240. The van der Waals surface area contributed by atoms with Crippen molar-refractivity contribution in [3.05, 3.63) is 58.8 Å². The van der Waals surface area contributed by atoms with Crippen LogP contribution in [0.2, 0.25) is 0 Å². The second-order valence-corrected chi connectivity index (χ2v) is 9.34. The second-order valence-electron chi connectivity index (χ2n) is 9.34. The van der Waals surface area contributed by atoms with E-state index in [0.717, 1.165) is 23.9 Å². The minimum Gasteiger partial charge on any atom is -0.486 e. The fourth-order valence-corrected chi connectivity index (χ4v) is 5.50. The number of carbonyl (C=O) groups is 2. The summed E-state index contributed by atoms with van der Waals surface area (Å²) >= 11 is 0. The van der Waals surface area contributed by atoms with E-state index in [2.05, 4.69) is 11.1 Å². The van der Waals surface area contributed by atoms with Gasteiger partial charge in [0.25, 0.3) is 5.91 Å². The minimum atomic E-state index is -0.0733. The molecule has 3 aliphatic rings. The molecule has 0 spiro atoms. The van der Waals surface area contributed by atoms with Crippen LogP contribution >= 0.6 is 0 Å². The van der Waals surface area contributed by atoms with Gasteiger partial charge in [-0.15, -0.1) is 0 Å². The predicted octanol–water partition coefficient (Wildman–Crippen LogP) is 4.55. The van der Waals surface area contributed by atoms with Crippen molar-refractivity contribution >= 4 is 22.6 Å². The Balaban J connectivity index is 1.14. The van der Waals surface area contributed by atoms with Crippen molar-refractivity contribution in [1.82, 2.24) is 9.88 Å². The summed E-state index contributed by atoms with van der Waals surface area (Å²) in [6.45, 7) is 2.24. The van der Waals surface area contributed by atoms with Gasteiger partial charge in [-0.3, -0.25) is 9.59 Å². The van der Waals surface area contributed by atoms with E-state index in [-0.39, 0.29) is 17.6 Å². The zero-order chi connectivity index (χ0) is 22.4. The standard InChI is InChI=1S/C27H28N2O4/c30-26(18-6-8-24-25(16-18)33-14-13-32-24)17-9-11-29(12-10-17)27(31)19-5-7-23-21(15-19)20-3-1-2-4-22(20)28-23/h5-8,15-17,28H,1-4,9-14H2. The Hall–Kier alpha value is -3.28. The summed E-state index contributed by atoms with van der Waals surface area (Å²) in [7, 11) is 0. The van der Waals surface area contributed by atoms with Gasteiger partial charge in [0.15, 0.2) is 17.3 Å². The number of aromatic amines is 1. The topological polar surface area (TPSA) is 71.6 Å². The normalized spacial score (nSPS) is 18.2. The van der Waals surface area contributed by atoms with Gasteiger partial charge in [-0.25, -0.2) is 0 Å². The Morgan fingerprint density at radius 2 is 1.64 bits per heavy atom. The molecule has 170 valence electrons. The lowest BCUT2D eigenvalue weighted by Crippen LogP contribution is -2.40.